The molecule has 68 valence electrons. The van der Waals surface area contributed by atoms with Crippen LogP contribution in [0.15, 0.2) is 35.7 Å². The van der Waals surface area contributed by atoms with Crippen LogP contribution >= 0.6 is 0 Å². The fourth-order valence-corrected chi connectivity index (χ4v) is 1.44. The maximum Gasteiger partial charge on any atom is 0.269 e. The fourth-order valence-electron chi connectivity index (χ4n) is 1.44. The van der Waals surface area contributed by atoms with E-state index in [1.165, 1.54) is 6.08 Å². The normalized spacial score (nSPS) is 25.3. The van der Waals surface area contributed by atoms with Crippen LogP contribution in [0.3, 0.4) is 0 Å². The maximum absolute atomic E-state index is 10.4. The van der Waals surface area contributed by atoms with Crippen LogP contribution in [0.2, 0.25) is 0 Å². The van der Waals surface area contributed by atoms with Crippen LogP contribution in [0.4, 0.5) is 0 Å². The van der Waals surface area contributed by atoms with E-state index in [4.69, 9.17) is 0 Å². The highest BCUT2D eigenvalue weighted by molar-refractivity contribution is 5.40. The number of nitrogens with one attached hydrogen (secondary N) is 1. The fraction of sp³-hybridized carbons (Fsp3) is 0.250. The molecule has 1 N–H and O–H groups in total. The molecular weight excluding hydrogens is 170 g/mol. The SMILES string of the molecule is CN1C=C2C=C([N+](=O)[O-])C=C[C@@H]2N1. The van der Waals surface area contributed by atoms with E-state index in [0.29, 0.717) is 0 Å². The first kappa shape index (κ1) is 8.00. The summed E-state index contributed by atoms with van der Waals surface area (Å²) in [5.41, 5.74) is 4.17. The van der Waals surface area contributed by atoms with E-state index in [9.17, 15) is 10.1 Å². The molecule has 0 aromatic rings. The van der Waals surface area contributed by atoms with Crippen LogP contribution in [0, 0.1) is 10.1 Å². The highest BCUT2D eigenvalue weighted by atomic mass is 16.6. The van der Waals surface area contributed by atoms with E-state index in [0.717, 1.165) is 5.57 Å². The predicted molar refractivity (Wildman–Crippen MR) is 47.0 cm³/mol. The molecule has 1 aliphatic heterocycles. The minimum atomic E-state index is -0.383. The molecule has 1 atom stereocenters. The Morgan fingerprint density at radius 1 is 1.69 bits per heavy atom. The molecule has 1 heterocycles. The summed E-state index contributed by atoms with van der Waals surface area (Å²) < 4.78 is 0. The number of nitro groups is 1. The lowest BCUT2D eigenvalue weighted by Gasteiger charge is -2.13. The van der Waals surface area contributed by atoms with Gasteiger partial charge in [0, 0.05) is 25.4 Å². The number of hydrazine groups is 1. The highest BCUT2D eigenvalue weighted by Gasteiger charge is 2.24. The van der Waals surface area contributed by atoms with Gasteiger partial charge in [-0.25, -0.2) is 5.43 Å². The van der Waals surface area contributed by atoms with Crippen molar-refractivity contribution in [3.8, 4) is 0 Å². The molecule has 13 heavy (non-hydrogen) atoms. The van der Waals surface area contributed by atoms with Crippen molar-refractivity contribution in [1.82, 2.24) is 10.4 Å². The van der Waals surface area contributed by atoms with E-state index in [2.05, 4.69) is 5.43 Å². The first-order chi connectivity index (χ1) is 6.16. The lowest BCUT2D eigenvalue weighted by Crippen LogP contribution is -2.32. The van der Waals surface area contributed by atoms with Crippen LogP contribution in [0.1, 0.15) is 0 Å². The molecule has 0 spiro atoms. The summed E-state index contributed by atoms with van der Waals surface area (Å²) in [6.45, 7) is 0. The standard InChI is InChI=1S/C8H9N3O2/c1-10-5-6-4-7(11(12)13)2-3-8(6)9-10/h2-5,8-9H,1H3/t8-/m0/s1. The Hall–Kier alpha value is -1.62. The van der Waals surface area contributed by atoms with Crippen LogP contribution in [0.5, 0.6) is 0 Å². The van der Waals surface area contributed by atoms with Crippen molar-refractivity contribution in [2.45, 2.75) is 6.04 Å². The smallest absolute Gasteiger partial charge is 0.269 e. The molecule has 0 fully saturated rings. The Labute approximate surface area is 75.1 Å². The van der Waals surface area contributed by atoms with Crippen LogP contribution in [-0.4, -0.2) is 23.0 Å². The second-order valence-corrected chi connectivity index (χ2v) is 3.03. The zero-order chi connectivity index (χ0) is 9.42. The maximum atomic E-state index is 10.4. The molecule has 0 bridgehead atoms. The topological polar surface area (TPSA) is 58.4 Å². The first-order valence-corrected chi connectivity index (χ1v) is 3.92. The molecule has 0 saturated heterocycles. The number of hydrogen-bond acceptors (Lipinski definition) is 4. The predicted octanol–water partition coefficient (Wildman–Crippen LogP) is 0.419. The zero-order valence-electron chi connectivity index (χ0n) is 7.10. The van der Waals surface area contributed by atoms with E-state index in [1.54, 1.807) is 17.2 Å². The summed E-state index contributed by atoms with van der Waals surface area (Å²) in [5.74, 6) is 0. The number of hydrogen-bond donors (Lipinski definition) is 1. The molecule has 0 amide bonds. The summed E-state index contributed by atoms with van der Waals surface area (Å²) >= 11 is 0. The zero-order valence-corrected chi connectivity index (χ0v) is 7.10. The first-order valence-electron chi connectivity index (χ1n) is 3.92. The molecule has 0 unspecified atom stereocenters. The second-order valence-electron chi connectivity index (χ2n) is 3.03. The van der Waals surface area contributed by atoms with Gasteiger partial charge in [-0.15, -0.1) is 0 Å². The molecule has 5 nitrogen and oxygen atoms in total. The van der Waals surface area contributed by atoms with Crippen LogP contribution in [0.25, 0.3) is 0 Å². The van der Waals surface area contributed by atoms with Crippen molar-refractivity contribution < 1.29 is 4.92 Å². The number of rotatable bonds is 1. The van der Waals surface area contributed by atoms with Crippen molar-refractivity contribution in [2.75, 3.05) is 7.05 Å². The van der Waals surface area contributed by atoms with E-state index in [1.807, 2.05) is 13.2 Å². The minimum Gasteiger partial charge on any atom is -0.318 e. The second kappa shape index (κ2) is 2.70. The lowest BCUT2D eigenvalue weighted by atomic mass is 10.0. The van der Waals surface area contributed by atoms with Crippen molar-refractivity contribution in [3.05, 3.63) is 45.8 Å². The summed E-state index contributed by atoms with van der Waals surface area (Å²) in [6.07, 6.45) is 6.74. The molecular formula is C8H9N3O2. The van der Waals surface area contributed by atoms with Gasteiger partial charge in [-0.05, 0) is 5.57 Å². The molecule has 0 radical (unpaired) electrons. The van der Waals surface area contributed by atoms with Gasteiger partial charge in [-0.2, -0.15) is 0 Å². The average Bonchev–Trinajstić information content (AvgIpc) is 2.42. The van der Waals surface area contributed by atoms with Gasteiger partial charge >= 0.3 is 0 Å². The summed E-state index contributed by atoms with van der Waals surface area (Å²) in [4.78, 5) is 10.1. The summed E-state index contributed by atoms with van der Waals surface area (Å²) in [5, 5.41) is 12.2. The van der Waals surface area contributed by atoms with Crippen LogP contribution < -0.4 is 5.43 Å². The van der Waals surface area contributed by atoms with Gasteiger partial charge in [0.15, 0.2) is 0 Å². The van der Waals surface area contributed by atoms with Gasteiger partial charge in [0.05, 0.1) is 11.0 Å². The molecule has 2 rings (SSSR count). The lowest BCUT2D eigenvalue weighted by molar-refractivity contribution is -0.419. The molecule has 0 saturated carbocycles. The number of allylic oxidation sites excluding steroid dienone is 1. The van der Waals surface area contributed by atoms with Crippen molar-refractivity contribution >= 4 is 0 Å². The van der Waals surface area contributed by atoms with Gasteiger partial charge in [0.25, 0.3) is 5.70 Å². The van der Waals surface area contributed by atoms with Crippen molar-refractivity contribution in [3.63, 3.8) is 0 Å². The molecule has 2 aliphatic rings. The van der Waals surface area contributed by atoms with E-state index < -0.39 is 0 Å². The summed E-state index contributed by atoms with van der Waals surface area (Å²) in [7, 11) is 1.86. The van der Waals surface area contributed by atoms with Gasteiger partial charge in [-0.3, -0.25) is 10.1 Å². The molecule has 0 aromatic heterocycles. The average molecular weight is 179 g/mol. The highest BCUT2D eigenvalue weighted by Crippen LogP contribution is 2.21. The third kappa shape index (κ3) is 1.33. The minimum absolute atomic E-state index is 0.0914. The Morgan fingerprint density at radius 2 is 2.46 bits per heavy atom. The van der Waals surface area contributed by atoms with Gasteiger partial charge in [-0.1, -0.05) is 6.08 Å². The number of fused-ring (bicyclic) bond motifs is 1. The molecule has 1 aliphatic carbocycles. The van der Waals surface area contributed by atoms with Gasteiger partial charge < -0.3 is 5.01 Å². The third-order valence-electron chi connectivity index (χ3n) is 2.03. The molecule has 0 aromatic carbocycles. The Kier molecular flexibility index (Phi) is 1.66. The van der Waals surface area contributed by atoms with Crippen molar-refractivity contribution in [1.29, 1.82) is 0 Å². The number of nitrogens with zero attached hydrogens (tertiary/aromatic N) is 2. The van der Waals surface area contributed by atoms with Gasteiger partial charge in [0.1, 0.15) is 0 Å². The van der Waals surface area contributed by atoms with Gasteiger partial charge in [0.2, 0.25) is 0 Å². The Balaban J connectivity index is 2.30. The Morgan fingerprint density at radius 3 is 3.15 bits per heavy atom. The Bertz CT molecular complexity index is 343. The summed E-state index contributed by atoms with van der Waals surface area (Å²) in [6, 6.07) is 0.0914. The monoisotopic (exact) mass is 179 g/mol. The quantitative estimate of drug-likeness (QED) is 0.468. The van der Waals surface area contributed by atoms with Crippen molar-refractivity contribution in [2.24, 2.45) is 0 Å². The van der Waals surface area contributed by atoms with E-state index >= 15 is 0 Å². The van der Waals surface area contributed by atoms with E-state index in [-0.39, 0.29) is 16.7 Å². The molecule has 5 heteroatoms. The largest absolute Gasteiger partial charge is 0.318 e. The van der Waals surface area contributed by atoms with Crippen LogP contribution in [-0.2, 0) is 0 Å². The third-order valence-corrected chi connectivity index (χ3v) is 2.03.